The summed E-state index contributed by atoms with van der Waals surface area (Å²) in [6.07, 6.45) is 11.7. The minimum Gasteiger partial charge on any atom is -0.390 e. The van der Waals surface area contributed by atoms with Crippen LogP contribution in [0.25, 0.3) is 0 Å². The molecule has 4 aliphatic rings. The van der Waals surface area contributed by atoms with Gasteiger partial charge < -0.3 is 10.2 Å². The molecule has 2 nitrogen and oxygen atoms in total. The summed E-state index contributed by atoms with van der Waals surface area (Å²) in [5, 5.41) is 22.4. The Kier molecular flexibility index (Phi) is 5.85. The first-order chi connectivity index (χ1) is 15.6. The van der Waals surface area contributed by atoms with E-state index in [9.17, 15) is 10.2 Å². The second-order valence-electron chi connectivity index (χ2n) is 13.6. The predicted octanol–water partition coefficient (Wildman–Crippen LogP) is 7.55. The van der Waals surface area contributed by atoms with Gasteiger partial charge >= 0.3 is 0 Å². The van der Waals surface area contributed by atoms with Crippen LogP contribution in [0.15, 0.2) is 30.3 Å². The Morgan fingerprint density at radius 1 is 0.848 bits per heavy atom. The molecule has 0 bridgehead atoms. The van der Waals surface area contributed by atoms with Crippen molar-refractivity contribution in [2.24, 2.45) is 45.8 Å². The van der Waals surface area contributed by atoms with Crippen LogP contribution in [0.2, 0.25) is 0 Å². The largest absolute Gasteiger partial charge is 0.390 e. The summed E-state index contributed by atoms with van der Waals surface area (Å²) < 4.78 is 0. The molecular formula is C31H48O2. The van der Waals surface area contributed by atoms with Crippen molar-refractivity contribution in [2.45, 2.75) is 111 Å². The number of benzene rings is 1. The molecule has 5 rings (SSSR count). The maximum Gasteiger partial charge on any atom is 0.0818 e. The molecule has 1 aromatic carbocycles. The van der Waals surface area contributed by atoms with Gasteiger partial charge in [0.2, 0.25) is 0 Å². The Morgan fingerprint density at radius 2 is 1.52 bits per heavy atom. The quantitative estimate of drug-likeness (QED) is 0.495. The highest BCUT2D eigenvalue weighted by atomic mass is 16.3. The molecule has 0 aromatic heterocycles. The van der Waals surface area contributed by atoms with Crippen LogP contribution in [0, 0.1) is 45.8 Å². The van der Waals surface area contributed by atoms with E-state index in [1.54, 1.807) is 0 Å². The highest BCUT2D eigenvalue weighted by molar-refractivity contribution is 5.20. The second kappa shape index (κ2) is 8.09. The van der Waals surface area contributed by atoms with Crippen molar-refractivity contribution in [1.29, 1.82) is 0 Å². The summed E-state index contributed by atoms with van der Waals surface area (Å²) in [5.41, 5.74) is 1.80. The molecule has 0 amide bonds. The SMILES string of the molecule is CC[C@]1(O)CC[C@@]2(C)[C@@H](CC[C@]3(C)[C@@H]2CC[C@@]2(C)[C@H]3CC[C@@H]2[C@H](C)[C@@H](O)c2ccccc2)C1. The summed E-state index contributed by atoms with van der Waals surface area (Å²) in [5.74, 6) is 3.14. The van der Waals surface area contributed by atoms with Gasteiger partial charge in [-0.2, -0.15) is 0 Å². The van der Waals surface area contributed by atoms with Crippen molar-refractivity contribution < 1.29 is 10.2 Å². The van der Waals surface area contributed by atoms with Crippen LogP contribution in [0.3, 0.4) is 0 Å². The second-order valence-corrected chi connectivity index (χ2v) is 13.6. The summed E-state index contributed by atoms with van der Waals surface area (Å²) in [6.45, 7) is 12.3. The van der Waals surface area contributed by atoms with Crippen molar-refractivity contribution in [3.63, 3.8) is 0 Å². The van der Waals surface area contributed by atoms with Crippen LogP contribution in [-0.4, -0.2) is 15.8 Å². The van der Waals surface area contributed by atoms with E-state index in [1.807, 2.05) is 6.07 Å². The summed E-state index contributed by atoms with van der Waals surface area (Å²) in [4.78, 5) is 0. The number of hydrogen-bond acceptors (Lipinski definition) is 2. The predicted molar refractivity (Wildman–Crippen MR) is 136 cm³/mol. The summed E-state index contributed by atoms with van der Waals surface area (Å²) in [7, 11) is 0. The van der Waals surface area contributed by atoms with Crippen molar-refractivity contribution in [1.82, 2.24) is 0 Å². The smallest absolute Gasteiger partial charge is 0.0818 e. The lowest BCUT2D eigenvalue weighted by atomic mass is 9.38. The molecule has 10 atom stereocenters. The lowest BCUT2D eigenvalue weighted by Crippen LogP contribution is -2.60. The van der Waals surface area contributed by atoms with E-state index in [1.165, 1.54) is 44.9 Å². The fourth-order valence-corrected chi connectivity index (χ4v) is 10.4. The molecule has 0 unspecified atom stereocenters. The minimum atomic E-state index is -0.414. The van der Waals surface area contributed by atoms with Gasteiger partial charge in [-0.3, -0.25) is 0 Å². The first-order valence-electron chi connectivity index (χ1n) is 14.0. The van der Waals surface area contributed by atoms with Crippen molar-refractivity contribution in [2.75, 3.05) is 0 Å². The van der Waals surface area contributed by atoms with Gasteiger partial charge in [-0.25, -0.2) is 0 Å². The molecular weight excluding hydrogens is 404 g/mol. The number of aliphatic hydroxyl groups excluding tert-OH is 1. The molecule has 0 radical (unpaired) electrons. The topological polar surface area (TPSA) is 40.5 Å². The highest BCUT2D eigenvalue weighted by Gasteiger charge is 2.66. The molecule has 0 aliphatic heterocycles. The van der Waals surface area contributed by atoms with Gasteiger partial charge in [0.25, 0.3) is 0 Å². The van der Waals surface area contributed by atoms with Gasteiger partial charge in [0, 0.05) is 0 Å². The fourth-order valence-electron chi connectivity index (χ4n) is 10.4. The third kappa shape index (κ3) is 3.48. The molecule has 4 saturated carbocycles. The minimum absolute atomic E-state index is 0.295. The molecule has 33 heavy (non-hydrogen) atoms. The Labute approximate surface area is 202 Å². The molecule has 0 heterocycles. The third-order valence-corrected chi connectivity index (χ3v) is 12.4. The van der Waals surface area contributed by atoms with Crippen LogP contribution in [-0.2, 0) is 0 Å². The van der Waals surface area contributed by atoms with Crippen LogP contribution >= 0.6 is 0 Å². The van der Waals surface area contributed by atoms with E-state index < -0.39 is 5.60 Å². The van der Waals surface area contributed by atoms with Crippen LogP contribution in [0.5, 0.6) is 0 Å². The van der Waals surface area contributed by atoms with Crippen LogP contribution < -0.4 is 0 Å². The van der Waals surface area contributed by atoms with E-state index in [4.69, 9.17) is 0 Å². The fraction of sp³-hybridized carbons (Fsp3) is 0.806. The highest BCUT2D eigenvalue weighted by Crippen LogP contribution is 2.73. The zero-order valence-corrected chi connectivity index (χ0v) is 21.8. The number of aliphatic hydroxyl groups is 2. The van der Waals surface area contributed by atoms with E-state index in [0.29, 0.717) is 34.0 Å². The lowest BCUT2D eigenvalue weighted by Gasteiger charge is -2.67. The van der Waals surface area contributed by atoms with E-state index >= 15 is 0 Å². The monoisotopic (exact) mass is 452 g/mol. The van der Waals surface area contributed by atoms with Gasteiger partial charge in [0.15, 0.2) is 0 Å². The van der Waals surface area contributed by atoms with Crippen LogP contribution in [0.1, 0.15) is 110 Å². The normalized spacial score (nSPS) is 48.9. The van der Waals surface area contributed by atoms with Crippen molar-refractivity contribution in [3.8, 4) is 0 Å². The third-order valence-electron chi connectivity index (χ3n) is 12.4. The Morgan fingerprint density at radius 3 is 2.21 bits per heavy atom. The average molecular weight is 453 g/mol. The zero-order chi connectivity index (χ0) is 23.6. The van der Waals surface area contributed by atoms with Gasteiger partial charge in [-0.05, 0) is 116 Å². The van der Waals surface area contributed by atoms with Gasteiger partial charge in [-0.1, -0.05) is 65.0 Å². The number of fused-ring (bicyclic) bond motifs is 5. The van der Waals surface area contributed by atoms with E-state index in [0.717, 1.165) is 36.7 Å². The molecule has 4 aliphatic carbocycles. The maximum atomic E-state index is 11.3. The first-order valence-corrected chi connectivity index (χ1v) is 14.0. The summed E-state index contributed by atoms with van der Waals surface area (Å²) >= 11 is 0. The molecule has 0 spiro atoms. The molecule has 1 aromatic rings. The number of rotatable bonds is 4. The molecule has 4 fully saturated rings. The van der Waals surface area contributed by atoms with Crippen molar-refractivity contribution >= 4 is 0 Å². The maximum absolute atomic E-state index is 11.3. The molecule has 2 N–H and O–H groups in total. The molecule has 2 heteroatoms. The van der Waals surface area contributed by atoms with E-state index in [2.05, 4.69) is 58.9 Å². The standard InChI is InChI=1S/C31H48O2/c1-6-31(33)19-18-28(3)23(20-31)14-16-30(5)25-13-12-24(29(25,4)17-15-26(28)30)21(2)27(32)22-10-8-7-9-11-22/h7-11,21,23-27,32-33H,6,12-20H2,1-5H3/t21-,23-,24+,25+,26+,27+,28-,29+,30-,31-/m0/s1. The lowest BCUT2D eigenvalue weighted by molar-refractivity contribution is -0.191. The summed E-state index contributed by atoms with van der Waals surface area (Å²) in [6, 6.07) is 10.3. The molecule has 184 valence electrons. The van der Waals surface area contributed by atoms with Gasteiger partial charge in [0.1, 0.15) is 0 Å². The molecule has 0 saturated heterocycles. The van der Waals surface area contributed by atoms with Crippen LogP contribution in [0.4, 0.5) is 0 Å². The zero-order valence-electron chi connectivity index (χ0n) is 21.8. The van der Waals surface area contributed by atoms with Crippen molar-refractivity contribution in [3.05, 3.63) is 35.9 Å². The Balaban J connectivity index is 1.40. The number of hydrogen-bond donors (Lipinski definition) is 2. The first kappa shape index (κ1) is 23.9. The van der Waals surface area contributed by atoms with Gasteiger partial charge in [-0.15, -0.1) is 0 Å². The Hall–Kier alpha value is -0.860. The van der Waals surface area contributed by atoms with Gasteiger partial charge in [0.05, 0.1) is 11.7 Å². The van der Waals surface area contributed by atoms with E-state index in [-0.39, 0.29) is 6.10 Å². The Bertz CT molecular complexity index is 852. The average Bonchev–Trinajstić information content (AvgIpc) is 3.17.